The van der Waals surface area contributed by atoms with Crippen molar-refractivity contribution in [1.29, 1.82) is 0 Å². The van der Waals surface area contributed by atoms with Gasteiger partial charge in [-0.25, -0.2) is 13.8 Å². The van der Waals surface area contributed by atoms with Crippen LogP contribution in [0.15, 0.2) is 10.8 Å². The average molecular weight is 315 g/mol. The van der Waals surface area contributed by atoms with E-state index >= 15 is 0 Å². The summed E-state index contributed by atoms with van der Waals surface area (Å²) in [6.45, 7) is 0. The van der Waals surface area contributed by atoms with Gasteiger partial charge in [0.2, 0.25) is 0 Å². The molecule has 0 aromatic carbocycles. The van der Waals surface area contributed by atoms with E-state index in [0.717, 1.165) is 0 Å². The Labute approximate surface area is 104 Å². The van der Waals surface area contributed by atoms with Gasteiger partial charge in [-0.05, 0) is 21.5 Å². The second-order valence-electron chi connectivity index (χ2n) is 2.97. The average Bonchev–Trinajstić information content (AvgIpc) is 2.19. The van der Waals surface area contributed by atoms with Gasteiger partial charge in [0.05, 0.1) is 6.42 Å². The van der Waals surface area contributed by atoms with Crippen molar-refractivity contribution < 1.29 is 18.7 Å². The van der Waals surface area contributed by atoms with Crippen LogP contribution in [-0.4, -0.2) is 16.1 Å². The van der Waals surface area contributed by atoms with Gasteiger partial charge < -0.3 is 5.11 Å². The number of carboxylic acids is 1. The number of carbonyl (C=O) groups is 1. The summed E-state index contributed by atoms with van der Waals surface area (Å²) in [5.74, 6) is -1.33. The van der Waals surface area contributed by atoms with Gasteiger partial charge in [-0.15, -0.1) is 11.6 Å². The van der Waals surface area contributed by atoms with Crippen LogP contribution in [-0.2, 0) is 17.1 Å². The van der Waals surface area contributed by atoms with Crippen molar-refractivity contribution in [3.8, 4) is 0 Å². The molecule has 3 nitrogen and oxygen atoms in total. The number of aromatic nitrogens is 1. The van der Waals surface area contributed by atoms with Gasteiger partial charge in [0, 0.05) is 23.2 Å². The lowest BCUT2D eigenvalue weighted by Crippen LogP contribution is -2.08. The molecule has 0 amide bonds. The highest BCUT2D eigenvalue weighted by molar-refractivity contribution is 9.10. The molecule has 1 aromatic heterocycles. The van der Waals surface area contributed by atoms with E-state index in [4.69, 9.17) is 16.7 Å². The van der Waals surface area contributed by atoms with Crippen molar-refractivity contribution in [1.82, 2.24) is 4.98 Å². The summed E-state index contributed by atoms with van der Waals surface area (Å²) in [6, 6.07) is 0. The molecule has 0 saturated carbocycles. The smallest absolute Gasteiger partial charge is 0.307 e. The summed E-state index contributed by atoms with van der Waals surface area (Å²) < 4.78 is 25.7. The molecule has 16 heavy (non-hydrogen) atoms. The second-order valence-corrected chi connectivity index (χ2v) is 3.99. The maximum absolute atomic E-state index is 12.8. The number of aliphatic carboxylic acids is 1. The Morgan fingerprint density at radius 2 is 2.25 bits per heavy atom. The van der Waals surface area contributed by atoms with E-state index in [1.54, 1.807) is 0 Å². The Balaban J connectivity index is 3.35. The molecule has 0 spiro atoms. The van der Waals surface area contributed by atoms with Gasteiger partial charge in [-0.1, -0.05) is 0 Å². The van der Waals surface area contributed by atoms with E-state index in [1.807, 2.05) is 0 Å². The van der Waals surface area contributed by atoms with Crippen LogP contribution in [0, 0.1) is 0 Å². The first kappa shape index (κ1) is 13.3. The number of pyridine rings is 1. The molecule has 1 heterocycles. The van der Waals surface area contributed by atoms with Gasteiger partial charge in [0.1, 0.15) is 4.60 Å². The largest absolute Gasteiger partial charge is 0.481 e. The number of hydrogen-bond acceptors (Lipinski definition) is 2. The van der Waals surface area contributed by atoms with E-state index in [2.05, 4.69) is 20.9 Å². The zero-order chi connectivity index (χ0) is 12.3. The van der Waals surface area contributed by atoms with Crippen LogP contribution in [0.4, 0.5) is 8.78 Å². The van der Waals surface area contributed by atoms with Crippen LogP contribution >= 0.6 is 27.5 Å². The zero-order valence-electron chi connectivity index (χ0n) is 7.88. The maximum atomic E-state index is 12.8. The van der Waals surface area contributed by atoms with Gasteiger partial charge >= 0.3 is 5.97 Å². The highest BCUT2D eigenvalue weighted by atomic mass is 79.9. The molecule has 0 radical (unpaired) electrons. The summed E-state index contributed by atoms with van der Waals surface area (Å²) in [5.41, 5.74) is -0.226. The molecule has 0 saturated heterocycles. The third kappa shape index (κ3) is 2.89. The van der Waals surface area contributed by atoms with Crippen LogP contribution in [0.3, 0.4) is 0 Å². The quantitative estimate of drug-likeness (QED) is 0.686. The lowest BCUT2D eigenvalue weighted by Gasteiger charge is -2.12. The summed E-state index contributed by atoms with van der Waals surface area (Å²) in [7, 11) is 0. The molecule has 0 bridgehead atoms. The minimum atomic E-state index is -2.78. The Morgan fingerprint density at radius 3 is 2.69 bits per heavy atom. The molecule has 0 aliphatic heterocycles. The highest BCUT2D eigenvalue weighted by Gasteiger charge is 2.22. The Morgan fingerprint density at radius 1 is 1.62 bits per heavy atom. The first-order valence-electron chi connectivity index (χ1n) is 4.19. The van der Waals surface area contributed by atoms with Gasteiger partial charge in [-0.2, -0.15) is 0 Å². The molecule has 0 aliphatic rings. The number of carboxylic acid groups (broad SMARTS) is 1. The number of nitrogens with zero attached hydrogens (tertiary/aromatic N) is 1. The molecular weight excluding hydrogens is 307 g/mol. The number of rotatable bonds is 4. The molecule has 0 unspecified atom stereocenters. The van der Waals surface area contributed by atoms with Crippen molar-refractivity contribution in [3.05, 3.63) is 27.5 Å². The lowest BCUT2D eigenvalue weighted by atomic mass is 10.0. The monoisotopic (exact) mass is 313 g/mol. The fourth-order valence-electron chi connectivity index (χ4n) is 1.28. The van der Waals surface area contributed by atoms with Crippen molar-refractivity contribution in [2.75, 3.05) is 0 Å². The minimum absolute atomic E-state index is 0.0272. The number of halogens is 4. The summed E-state index contributed by atoms with van der Waals surface area (Å²) in [6.07, 6.45) is -2.08. The lowest BCUT2D eigenvalue weighted by molar-refractivity contribution is -0.136. The van der Waals surface area contributed by atoms with Crippen LogP contribution in [0.25, 0.3) is 0 Å². The summed E-state index contributed by atoms with van der Waals surface area (Å²) in [4.78, 5) is 14.4. The molecule has 88 valence electrons. The predicted octanol–water partition coefficient (Wildman–Crippen LogP) is 3.15. The molecule has 1 rings (SSSR count). The third-order valence-corrected chi connectivity index (χ3v) is 2.92. The maximum Gasteiger partial charge on any atom is 0.307 e. The summed E-state index contributed by atoms with van der Waals surface area (Å²) >= 11 is 8.46. The Hall–Kier alpha value is -0.750. The van der Waals surface area contributed by atoms with E-state index in [9.17, 15) is 13.6 Å². The van der Waals surface area contributed by atoms with Gasteiger partial charge in [-0.3, -0.25) is 4.79 Å². The minimum Gasteiger partial charge on any atom is -0.481 e. The third-order valence-electron chi connectivity index (χ3n) is 1.94. The molecule has 0 aliphatic carbocycles. The summed E-state index contributed by atoms with van der Waals surface area (Å²) in [5, 5.41) is 8.63. The fourth-order valence-corrected chi connectivity index (χ4v) is 1.95. The Kier molecular flexibility index (Phi) is 4.61. The van der Waals surface area contributed by atoms with Crippen LogP contribution < -0.4 is 0 Å². The number of hydrogen-bond donors (Lipinski definition) is 1. The molecule has 0 atom stereocenters. The topological polar surface area (TPSA) is 50.2 Å². The van der Waals surface area contributed by atoms with Crippen LogP contribution in [0.2, 0.25) is 0 Å². The van der Waals surface area contributed by atoms with Crippen molar-refractivity contribution in [2.45, 2.75) is 18.7 Å². The van der Waals surface area contributed by atoms with Crippen molar-refractivity contribution in [3.63, 3.8) is 0 Å². The first-order chi connectivity index (χ1) is 7.47. The predicted molar refractivity (Wildman–Crippen MR) is 57.8 cm³/mol. The zero-order valence-corrected chi connectivity index (χ0v) is 10.2. The Bertz CT molecular complexity index is 415. The second kappa shape index (κ2) is 5.54. The van der Waals surface area contributed by atoms with Crippen molar-refractivity contribution in [2.24, 2.45) is 0 Å². The standard InChI is InChI=1S/C9H7BrClF2NO2/c10-8-5(1-6(15)16)7(9(12)13)4(2-11)3-14-8/h3,9H,1-2H2,(H,15,16). The normalized spacial score (nSPS) is 10.8. The van der Waals surface area contributed by atoms with E-state index < -0.39 is 18.8 Å². The SMILES string of the molecule is O=C(O)Cc1c(Br)ncc(CCl)c1C(F)F. The molecule has 1 aromatic rings. The first-order valence-corrected chi connectivity index (χ1v) is 5.52. The fraction of sp³-hybridized carbons (Fsp3) is 0.333. The van der Waals surface area contributed by atoms with E-state index in [-0.39, 0.29) is 27.2 Å². The van der Waals surface area contributed by atoms with Crippen LogP contribution in [0.1, 0.15) is 23.1 Å². The number of alkyl halides is 3. The van der Waals surface area contributed by atoms with Gasteiger partial charge in [0.25, 0.3) is 6.43 Å². The van der Waals surface area contributed by atoms with E-state index in [1.165, 1.54) is 6.20 Å². The highest BCUT2D eigenvalue weighted by Crippen LogP contribution is 2.31. The molecule has 1 N–H and O–H groups in total. The van der Waals surface area contributed by atoms with Crippen LogP contribution in [0.5, 0.6) is 0 Å². The van der Waals surface area contributed by atoms with Crippen molar-refractivity contribution >= 4 is 33.5 Å². The molecular formula is C9H7BrClF2NO2. The molecule has 7 heteroatoms. The van der Waals surface area contributed by atoms with E-state index in [0.29, 0.717) is 0 Å². The van der Waals surface area contributed by atoms with Gasteiger partial charge in [0.15, 0.2) is 0 Å². The molecule has 0 fully saturated rings.